The number of nitrogens with one attached hydrogen (secondary N) is 1. The van der Waals surface area contributed by atoms with Gasteiger partial charge >= 0.3 is 0 Å². The summed E-state index contributed by atoms with van der Waals surface area (Å²) in [6, 6.07) is 8.61. The quantitative estimate of drug-likeness (QED) is 0.709. The fourth-order valence-corrected chi connectivity index (χ4v) is 2.66. The molecular formula is C14H11ClN4OS. The van der Waals surface area contributed by atoms with Gasteiger partial charge in [0.2, 0.25) is 0 Å². The zero-order chi connectivity index (χ0) is 15.0. The number of rotatable bonds is 2. The molecule has 0 radical (unpaired) electrons. The van der Waals surface area contributed by atoms with Crippen molar-refractivity contribution in [1.29, 1.82) is 0 Å². The van der Waals surface area contributed by atoms with E-state index in [4.69, 9.17) is 17.3 Å². The Balaban J connectivity index is 1.98. The topological polar surface area (TPSA) is 80.9 Å². The van der Waals surface area contributed by atoms with Crippen molar-refractivity contribution >= 4 is 51.6 Å². The molecule has 0 saturated heterocycles. The second kappa shape index (κ2) is 5.31. The minimum atomic E-state index is -0.288. The van der Waals surface area contributed by atoms with Crippen molar-refractivity contribution in [3.8, 4) is 0 Å². The van der Waals surface area contributed by atoms with Crippen molar-refractivity contribution in [3.63, 3.8) is 0 Å². The van der Waals surface area contributed by atoms with Gasteiger partial charge in [-0.25, -0.2) is 0 Å². The number of carbonyl (C=O) groups excluding carboxylic acids is 1. The van der Waals surface area contributed by atoms with Gasteiger partial charge in [-0.3, -0.25) is 4.79 Å². The molecule has 0 aliphatic carbocycles. The third kappa shape index (κ3) is 2.55. The number of amides is 1. The molecule has 0 aliphatic heterocycles. The molecule has 0 aliphatic rings. The molecule has 0 fully saturated rings. The van der Waals surface area contributed by atoms with Crippen LogP contribution in [0.1, 0.15) is 15.9 Å². The number of hydrogen-bond acceptors (Lipinski definition) is 5. The third-order valence-corrected chi connectivity index (χ3v) is 4.01. The molecule has 7 heteroatoms. The predicted molar refractivity (Wildman–Crippen MR) is 86.0 cm³/mol. The molecule has 0 spiro atoms. The summed E-state index contributed by atoms with van der Waals surface area (Å²) >= 11 is 7.22. The predicted octanol–water partition coefficient (Wildman–Crippen LogP) is 3.49. The van der Waals surface area contributed by atoms with E-state index in [1.807, 2.05) is 6.92 Å². The van der Waals surface area contributed by atoms with Crippen LogP contribution < -0.4 is 11.1 Å². The lowest BCUT2D eigenvalue weighted by Gasteiger charge is -2.09. The number of carbonyl (C=O) groups is 1. The van der Waals surface area contributed by atoms with Gasteiger partial charge in [0, 0.05) is 11.3 Å². The lowest BCUT2D eigenvalue weighted by atomic mass is 10.1. The summed E-state index contributed by atoms with van der Waals surface area (Å²) in [4.78, 5) is 12.3. The molecule has 1 amide bonds. The van der Waals surface area contributed by atoms with Gasteiger partial charge < -0.3 is 11.1 Å². The van der Waals surface area contributed by atoms with Crippen molar-refractivity contribution in [2.24, 2.45) is 0 Å². The summed E-state index contributed by atoms with van der Waals surface area (Å²) < 4.78 is 8.29. The number of hydrogen-bond donors (Lipinski definition) is 2. The molecule has 3 rings (SSSR count). The zero-order valence-electron chi connectivity index (χ0n) is 11.1. The molecule has 0 atom stereocenters. The molecular weight excluding hydrogens is 308 g/mol. The number of anilines is 2. The SMILES string of the molecule is Cc1ccc(C(=O)Nc2c(Cl)ccc3nsnc23)cc1N. The van der Waals surface area contributed by atoms with Crippen molar-refractivity contribution < 1.29 is 4.79 Å². The number of aromatic nitrogens is 2. The maximum atomic E-state index is 12.3. The van der Waals surface area contributed by atoms with E-state index in [0.29, 0.717) is 33.0 Å². The minimum absolute atomic E-state index is 0.288. The van der Waals surface area contributed by atoms with Crippen molar-refractivity contribution in [2.75, 3.05) is 11.1 Å². The van der Waals surface area contributed by atoms with Gasteiger partial charge in [0.15, 0.2) is 0 Å². The van der Waals surface area contributed by atoms with Crippen LogP contribution in [0.15, 0.2) is 30.3 Å². The lowest BCUT2D eigenvalue weighted by molar-refractivity contribution is 0.102. The molecule has 3 aromatic rings. The Hall–Kier alpha value is -2.18. The first-order valence-corrected chi connectivity index (χ1v) is 7.25. The van der Waals surface area contributed by atoms with Gasteiger partial charge in [-0.2, -0.15) is 8.75 Å². The normalized spacial score (nSPS) is 10.8. The standard InChI is InChI=1S/C14H11ClN4OS/c1-7-2-3-8(6-10(7)16)14(20)17-12-9(15)4-5-11-13(12)19-21-18-11/h2-6H,16H2,1H3,(H,17,20). The van der Waals surface area contributed by atoms with E-state index in [0.717, 1.165) is 17.3 Å². The number of fused-ring (bicyclic) bond motifs is 1. The van der Waals surface area contributed by atoms with Gasteiger partial charge in [0.25, 0.3) is 5.91 Å². The van der Waals surface area contributed by atoms with E-state index in [-0.39, 0.29) is 5.91 Å². The molecule has 1 heterocycles. The van der Waals surface area contributed by atoms with Crippen molar-refractivity contribution in [1.82, 2.24) is 8.75 Å². The summed E-state index contributed by atoms with van der Waals surface area (Å²) in [7, 11) is 0. The highest BCUT2D eigenvalue weighted by Gasteiger charge is 2.14. The first-order chi connectivity index (χ1) is 10.1. The molecule has 3 N–H and O–H groups in total. The van der Waals surface area contributed by atoms with Crippen LogP contribution >= 0.6 is 23.3 Å². The largest absolute Gasteiger partial charge is 0.398 e. The van der Waals surface area contributed by atoms with Gasteiger partial charge in [0.05, 0.1) is 22.4 Å². The highest BCUT2D eigenvalue weighted by molar-refractivity contribution is 7.00. The van der Waals surface area contributed by atoms with Crippen LogP contribution in [0.2, 0.25) is 5.02 Å². The van der Waals surface area contributed by atoms with E-state index in [9.17, 15) is 4.79 Å². The average Bonchev–Trinajstić information content (AvgIpc) is 2.93. The summed E-state index contributed by atoms with van der Waals surface area (Å²) in [5.41, 5.74) is 9.54. The Labute approximate surface area is 130 Å². The number of nitrogens with zero attached hydrogens (tertiary/aromatic N) is 2. The maximum absolute atomic E-state index is 12.3. The van der Waals surface area contributed by atoms with E-state index in [1.165, 1.54) is 0 Å². The highest BCUT2D eigenvalue weighted by Crippen LogP contribution is 2.30. The van der Waals surface area contributed by atoms with Crippen molar-refractivity contribution in [2.45, 2.75) is 6.92 Å². The number of aryl methyl sites for hydroxylation is 1. The highest BCUT2D eigenvalue weighted by atomic mass is 35.5. The van der Waals surface area contributed by atoms with Crippen LogP contribution in [0.4, 0.5) is 11.4 Å². The second-order valence-electron chi connectivity index (χ2n) is 4.58. The summed E-state index contributed by atoms with van der Waals surface area (Å²) in [5, 5.41) is 3.20. The van der Waals surface area contributed by atoms with E-state index in [2.05, 4.69) is 14.1 Å². The van der Waals surface area contributed by atoms with Gasteiger partial charge in [-0.1, -0.05) is 17.7 Å². The van der Waals surface area contributed by atoms with Crippen LogP contribution in [0.25, 0.3) is 11.0 Å². The minimum Gasteiger partial charge on any atom is -0.398 e. The summed E-state index contributed by atoms with van der Waals surface area (Å²) in [6.45, 7) is 1.88. The van der Waals surface area contributed by atoms with Crippen LogP contribution in [0.5, 0.6) is 0 Å². The number of halogens is 1. The van der Waals surface area contributed by atoms with E-state index >= 15 is 0 Å². The summed E-state index contributed by atoms with van der Waals surface area (Å²) in [5.74, 6) is -0.288. The molecule has 2 aromatic carbocycles. The molecule has 0 saturated carbocycles. The molecule has 0 unspecified atom stereocenters. The van der Waals surface area contributed by atoms with Gasteiger partial charge in [0.1, 0.15) is 11.0 Å². The zero-order valence-corrected chi connectivity index (χ0v) is 12.6. The Kier molecular flexibility index (Phi) is 3.48. The number of nitrogen functional groups attached to an aromatic ring is 1. The summed E-state index contributed by atoms with van der Waals surface area (Å²) in [6.07, 6.45) is 0. The number of nitrogens with two attached hydrogens (primary N) is 1. The fourth-order valence-electron chi connectivity index (χ4n) is 1.91. The van der Waals surface area contributed by atoms with Crippen LogP contribution in [-0.4, -0.2) is 14.7 Å². The first-order valence-electron chi connectivity index (χ1n) is 6.14. The monoisotopic (exact) mass is 318 g/mol. The lowest BCUT2D eigenvalue weighted by Crippen LogP contribution is -2.13. The Bertz CT molecular complexity index is 846. The van der Waals surface area contributed by atoms with E-state index in [1.54, 1.807) is 30.3 Å². The molecule has 0 bridgehead atoms. The second-order valence-corrected chi connectivity index (χ2v) is 5.52. The molecule has 106 valence electrons. The van der Waals surface area contributed by atoms with Gasteiger partial charge in [-0.15, -0.1) is 0 Å². The molecule has 5 nitrogen and oxygen atoms in total. The molecule has 1 aromatic heterocycles. The van der Waals surface area contributed by atoms with Gasteiger partial charge in [-0.05, 0) is 36.8 Å². The van der Waals surface area contributed by atoms with E-state index < -0.39 is 0 Å². The molecule has 21 heavy (non-hydrogen) atoms. The average molecular weight is 319 g/mol. The maximum Gasteiger partial charge on any atom is 0.255 e. The first kappa shape index (κ1) is 13.8. The number of benzene rings is 2. The Morgan fingerprint density at radius 2 is 2.10 bits per heavy atom. The smallest absolute Gasteiger partial charge is 0.255 e. The fraction of sp³-hybridized carbons (Fsp3) is 0.0714. The Morgan fingerprint density at radius 3 is 2.86 bits per heavy atom. The van der Waals surface area contributed by atoms with Crippen LogP contribution in [0, 0.1) is 6.92 Å². The van der Waals surface area contributed by atoms with Crippen molar-refractivity contribution in [3.05, 3.63) is 46.5 Å². The third-order valence-electron chi connectivity index (χ3n) is 3.16. The van der Waals surface area contributed by atoms with Crippen LogP contribution in [0.3, 0.4) is 0 Å². The Morgan fingerprint density at radius 1 is 1.29 bits per heavy atom. The van der Waals surface area contributed by atoms with Crippen LogP contribution in [-0.2, 0) is 0 Å².